The highest BCUT2D eigenvalue weighted by Gasteiger charge is 2.27. The Morgan fingerprint density at radius 1 is 1.07 bits per heavy atom. The molecule has 8 heteroatoms. The first kappa shape index (κ1) is 21.1. The van der Waals surface area contributed by atoms with E-state index in [1.165, 1.54) is 17.5 Å². The Kier molecular flexibility index (Phi) is 6.44. The molecule has 0 spiro atoms. The van der Waals surface area contributed by atoms with Crippen molar-refractivity contribution < 1.29 is 17.9 Å². The molecular weight excluding hydrogens is 390 g/mol. The maximum atomic E-state index is 13.0. The predicted octanol–water partition coefficient (Wildman–Crippen LogP) is 3.19. The van der Waals surface area contributed by atoms with Crippen LogP contribution in [0.15, 0.2) is 47.4 Å². The molecule has 1 amide bonds. The number of benzene rings is 2. The third kappa shape index (κ3) is 4.71. The lowest BCUT2D eigenvalue weighted by Crippen LogP contribution is -2.35. The minimum absolute atomic E-state index is 0.186. The maximum absolute atomic E-state index is 13.0. The smallest absolute Gasteiger partial charge is 0.255 e. The van der Waals surface area contributed by atoms with Crippen LogP contribution in [0, 0.1) is 0 Å². The Morgan fingerprint density at radius 2 is 1.79 bits per heavy atom. The lowest BCUT2D eigenvalue weighted by atomic mass is 10.2. The molecule has 1 saturated heterocycles. The van der Waals surface area contributed by atoms with Crippen LogP contribution in [0.1, 0.15) is 29.6 Å². The molecule has 1 aliphatic heterocycles. The average Bonchev–Trinajstić information content (AvgIpc) is 2.74. The molecule has 29 heavy (non-hydrogen) atoms. The van der Waals surface area contributed by atoms with Crippen molar-refractivity contribution in [2.24, 2.45) is 0 Å². The van der Waals surface area contributed by atoms with E-state index in [1.54, 1.807) is 36.4 Å². The van der Waals surface area contributed by atoms with E-state index in [4.69, 9.17) is 4.74 Å². The summed E-state index contributed by atoms with van der Waals surface area (Å²) in [7, 11) is 1.63. The van der Waals surface area contributed by atoms with Gasteiger partial charge in [-0.2, -0.15) is 4.31 Å². The number of amides is 1. The number of piperidine rings is 1. The third-order valence-electron chi connectivity index (χ3n) is 4.98. The van der Waals surface area contributed by atoms with Crippen LogP contribution in [0.25, 0.3) is 0 Å². The summed E-state index contributed by atoms with van der Waals surface area (Å²) in [6, 6.07) is 11.7. The van der Waals surface area contributed by atoms with Crippen LogP contribution in [0.2, 0.25) is 0 Å². The van der Waals surface area contributed by atoms with Crippen molar-refractivity contribution in [1.82, 2.24) is 4.31 Å². The second-order valence-electron chi connectivity index (χ2n) is 7.22. The molecule has 0 aromatic heterocycles. The van der Waals surface area contributed by atoms with Gasteiger partial charge in [-0.3, -0.25) is 4.79 Å². The van der Waals surface area contributed by atoms with Gasteiger partial charge in [0.15, 0.2) is 0 Å². The van der Waals surface area contributed by atoms with E-state index < -0.39 is 10.0 Å². The van der Waals surface area contributed by atoms with Crippen LogP contribution < -0.4 is 15.0 Å². The molecule has 2 aromatic carbocycles. The summed E-state index contributed by atoms with van der Waals surface area (Å²) in [5, 5.41) is 2.86. The fourth-order valence-electron chi connectivity index (χ4n) is 3.38. The Bertz CT molecular complexity index is 983. The molecule has 0 bridgehead atoms. The molecule has 7 nitrogen and oxygen atoms in total. The van der Waals surface area contributed by atoms with E-state index in [2.05, 4.69) is 5.32 Å². The number of nitrogens with one attached hydrogen (secondary N) is 1. The number of sulfonamides is 1. The van der Waals surface area contributed by atoms with E-state index in [-0.39, 0.29) is 10.8 Å². The number of methoxy groups -OCH3 is 1. The van der Waals surface area contributed by atoms with E-state index in [1.807, 2.05) is 19.0 Å². The van der Waals surface area contributed by atoms with Crippen molar-refractivity contribution in [1.29, 1.82) is 0 Å². The molecule has 3 rings (SSSR count). The summed E-state index contributed by atoms with van der Waals surface area (Å²) in [6.45, 7) is 1.06. The topological polar surface area (TPSA) is 78.9 Å². The summed E-state index contributed by atoms with van der Waals surface area (Å²) in [6.07, 6.45) is 2.79. The molecule has 1 fully saturated rings. The van der Waals surface area contributed by atoms with Gasteiger partial charge >= 0.3 is 0 Å². The Hall–Kier alpha value is -2.58. The van der Waals surface area contributed by atoms with E-state index in [0.717, 1.165) is 24.9 Å². The van der Waals surface area contributed by atoms with Crippen LogP contribution in [0.5, 0.6) is 5.75 Å². The standard InChI is InChI=1S/C21H27N3O4S/c1-23(2)20-11-10-18(29(26,27)24-12-5-4-6-13-24)15-19(20)22-21(25)16-8-7-9-17(14-16)28-3/h7-11,14-15H,4-6,12-13H2,1-3H3,(H,22,25). The molecule has 0 atom stereocenters. The van der Waals surface area contributed by atoms with Crippen LogP contribution in [-0.2, 0) is 10.0 Å². The fourth-order valence-corrected chi connectivity index (χ4v) is 4.92. The zero-order valence-corrected chi connectivity index (χ0v) is 17.8. The summed E-state index contributed by atoms with van der Waals surface area (Å²) < 4.78 is 32.8. The lowest BCUT2D eigenvalue weighted by Gasteiger charge is -2.26. The average molecular weight is 418 g/mol. The Morgan fingerprint density at radius 3 is 2.45 bits per heavy atom. The number of hydrogen-bond donors (Lipinski definition) is 1. The zero-order valence-electron chi connectivity index (χ0n) is 17.0. The van der Waals surface area contributed by atoms with Gasteiger partial charge in [-0.1, -0.05) is 12.5 Å². The van der Waals surface area contributed by atoms with Gasteiger partial charge in [-0.15, -0.1) is 0 Å². The van der Waals surface area contributed by atoms with Gasteiger partial charge in [0.2, 0.25) is 10.0 Å². The van der Waals surface area contributed by atoms with Crippen molar-refractivity contribution in [3.63, 3.8) is 0 Å². The Labute approximate surface area is 172 Å². The zero-order chi connectivity index (χ0) is 21.0. The number of anilines is 2. The van der Waals surface area contributed by atoms with Crippen molar-refractivity contribution >= 4 is 27.3 Å². The van der Waals surface area contributed by atoms with Crippen LogP contribution in [-0.4, -0.2) is 52.9 Å². The third-order valence-corrected chi connectivity index (χ3v) is 6.88. The minimum atomic E-state index is -3.59. The molecule has 156 valence electrons. The van der Waals surface area contributed by atoms with Gasteiger partial charge < -0.3 is 15.0 Å². The van der Waals surface area contributed by atoms with E-state index in [9.17, 15) is 13.2 Å². The SMILES string of the molecule is COc1cccc(C(=O)Nc2cc(S(=O)(=O)N3CCCCC3)ccc2N(C)C)c1. The van der Waals surface area contributed by atoms with Crippen molar-refractivity contribution in [3.8, 4) is 5.75 Å². The quantitative estimate of drug-likeness (QED) is 0.781. The molecule has 2 aromatic rings. The normalized spacial score (nSPS) is 15.0. The van der Waals surface area contributed by atoms with Gasteiger partial charge in [0, 0.05) is 32.7 Å². The number of carbonyl (C=O) groups is 1. The second kappa shape index (κ2) is 8.84. The molecule has 1 heterocycles. The second-order valence-corrected chi connectivity index (χ2v) is 9.16. The fraction of sp³-hybridized carbons (Fsp3) is 0.381. The summed E-state index contributed by atoms with van der Waals surface area (Å²) in [4.78, 5) is 14.8. The number of carbonyl (C=O) groups excluding carboxylic acids is 1. The van der Waals surface area contributed by atoms with Gasteiger partial charge in [-0.25, -0.2) is 8.42 Å². The molecule has 0 unspecified atom stereocenters. The molecule has 0 aliphatic carbocycles. The van der Waals surface area contributed by atoms with Crippen molar-refractivity contribution in [3.05, 3.63) is 48.0 Å². The first-order valence-corrected chi connectivity index (χ1v) is 11.0. The molecule has 1 N–H and O–H groups in total. The first-order chi connectivity index (χ1) is 13.8. The summed E-state index contributed by atoms with van der Waals surface area (Å²) >= 11 is 0. The largest absolute Gasteiger partial charge is 0.497 e. The number of ether oxygens (including phenoxy) is 1. The number of rotatable bonds is 6. The van der Waals surface area contributed by atoms with Gasteiger partial charge in [0.25, 0.3) is 5.91 Å². The minimum Gasteiger partial charge on any atom is -0.497 e. The molecule has 1 aliphatic rings. The molecule has 0 radical (unpaired) electrons. The Balaban J connectivity index is 1.94. The predicted molar refractivity (Wildman–Crippen MR) is 114 cm³/mol. The van der Waals surface area contributed by atoms with Crippen LogP contribution >= 0.6 is 0 Å². The highest BCUT2D eigenvalue weighted by molar-refractivity contribution is 7.89. The van der Waals surface area contributed by atoms with E-state index >= 15 is 0 Å². The lowest BCUT2D eigenvalue weighted by molar-refractivity contribution is 0.102. The molecule has 0 saturated carbocycles. The van der Waals surface area contributed by atoms with Crippen molar-refractivity contribution in [2.75, 3.05) is 44.5 Å². The number of hydrogen-bond acceptors (Lipinski definition) is 5. The summed E-state index contributed by atoms with van der Waals surface area (Å²) in [5.41, 5.74) is 1.60. The van der Waals surface area contributed by atoms with Crippen LogP contribution in [0.3, 0.4) is 0 Å². The van der Waals surface area contributed by atoms with Crippen LogP contribution in [0.4, 0.5) is 11.4 Å². The highest BCUT2D eigenvalue weighted by atomic mass is 32.2. The van der Waals surface area contributed by atoms with Gasteiger partial charge in [0.1, 0.15) is 5.75 Å². The first-order valence-electron chi connectivity index (χ1n) is 9.60. The molecular formula is C21H27N3O4S. The van der Waals surface area contributed by atoms with Crippen molar-refractivity contribution in [2.45, 2.75) is 24.2 Å². The summed E-state index contributed by atoms with van der Waals surface area (Å²) in [5.74, 6) is 0.242. The monoisotopic (exact) mass is 417 g/mol. The van der Waals surface area contributed by atoms with Gasteiger partial charge in [-0.05, 0) is 49.2 Å². The van der Waals surface area contributed by atoms with E-state index in [0.29, 0.717) is 30.1 Å². The maximum Gasteiger partial charge on any atom is 0.255 e. The highest BCUT2D eigenvalue weighted by Crippen LogP contribution is 2.30. The number of nitrogens with zero attached hydrogens (tertiary/aromatic N) is 2. The van der Waals surface area contributed by atoms with Gasteiger partial charge in [0.05, 0.1) is 23.4 Å².